The molecule has 0 saturated carbocycles. The number of nitrogens with one attached hydrogen (secondary N) is 1. The molecule has 0 radical (unpaired) electrons. The number of benzene rings is 2. The number of carbonyl (C=O) groups excluding carboxylic acids is 2. The third-order valence-corrected chi connectivity index (χ3v) is 5.14. The molecule has 2 aliphatic heterocycles. The number of likely N-dealkylation sites (N-methyl/N-ethyl adjacent to an activating group) is 1. The number of para-hydroxylation sites is 3. The largest absolute Gasteiger partial charge is 0.362 e. The Morgan fingerprint density at radius 2 is 1.76 bits per heavy atom. The average molecular weight is 335 g/mol. The first kappa shape index (κ1) is 15.7. The minimum Gasteiger partial charge on any atom is -0.362 e. The maximum absolute atomic E-state index is 13.2. The Hall–Kier alpha value is -2.82. The van der Waals surface area contributed by atoms with Crippen molar-refractivity contribution in [3.05, 3.63) is 54.6 Å². The zero-order valence-corrected chi connectivity index (χ0v) is 14.3. The van der Waals surface area contributed by atoms with Gasteiger partial charge in [0.2, 0.25) is 5.91 Å². The summed E-state index contributed by atoms with van der Waals surface area (Å²) >= 11 is 0. The summed E-state index contributed by atoms with van der Waals surface area (Å²) in [6.07, 6.45) is -0.265. The molecule has 0 unspecified atom stereocenters. The number of amides is 1. The van der Waals surface area contributed by atoms with Crippen LogP contribution in [0.1, 0.15) is 13.8 Å². The number of rotatable bonds is 3. The fourth-order valence-corrected chi connectivity index (χ4v) is 4.11. The summed E-state index contributed by atoms with van der Waals surface area (Å²) in [5.41, 5.74) is 2.85. The van der Waals surface area contributed by atoms with E-state index in [0.717, 1.165) is 23.6 Å². The highest BCUT2D eigenvalue weighted by atomic mass is 16.2. The van der Waals surface area contributed by atoms with Gasteiger partial charge in [0.05, 0.1) is 17.4 Å². The average Bonchev–Trinajstić information content (AvgIpc) is 2.92. The molecule has 5 nitrogen and oxygen atoms in total. The third-order valence-electron chi connectivity index (χ3n) is 5.14. The first-order valence-corrected chi connectivity index (χ1v) is 8.64. The summed E-state index contributed by atoms with van der Waals surface area (Å²) < 4.78 is 0. The number of fused-ring (bicyclic) bond motifs is 2. The molecular formula is C20H21N3O2. The van der Waals surface area contributed by atoms with Crippen molar-refractivity contribution in [1.82, 2.24) is 0 Å². The van der Waals surface area contributed by atoms with Gasteiger partial charge in [0, 0.05) is 12.2 Å². The highest BCUT2D eigenvalue weighted by molar-refractivity contribution is 6.12. The number of hydrogen-bond donors (Lipinski definition) is 1. The van der Waals surface area contributed by atoms with Crippen molar-refractivity contribution in [2.75, 3.05) is 21.7 Å². The minimum atomic E-state index is -0.661. The van der Waals surface area contributed by atoms with Crippen LogP contribution < -0.4 is 15.1 Å². The lowest BCUT2D eigenvalue weighted by atomic mass is 9.93. The molecule has 2 heterocycles. The molecule has 1 amide bonds. The van der Waals surface area contributed by atoms with Gasteiger partial charge in [-0.15, -0.1) is 0 Å². The van der Waals surface area contributed by atoms with Gasteiger partial charge in [0.25, 0.3) is 0 Å². The van der Waals surface area contributed by atoms with E-state index in [1.807, 2.05) is 54.6 Å². The smallest absolute Gasteiger partial charge is 0.241 e. The quantitative estimate of drug-likeness (QED) is 0.877. The molecular weight excluding hydrogens is 314 g/mol. The van der Waals surface area contributed by atoms with Gasteiger partial charge in [-0.3, -0.25) is 14.5 Å². The molecule has 2 aromatic rings. The van der Waals surface area contributed by atoms with Crippen molar-refractivity contribution < 1.29 is 9.59 Å². The second-order valence-electron chi connectivity index (χ2n) is 6.52. The first-order chi connectivity index (χ1) is 12.1. The molecule has 2 aromatic carbocycles. The monoisotopic (exact) mass is 335 g/mol. The Morgan fingerprint density at radius 3 is 2.44 bits per heavy atom. The lowest BCUT2D eigenvalue weighted by Crippen LogP contribution is -2.55. The number of Topliss-reactive ketones (excluding diaryl/α,β-unsaturated/α-hetero) is 1. The zero-order valence-electron chi connectivity index (χ0n) is 14.3. The second-order valence-corrected chi connectivity index (χ2v) is 6.52. The maximum atomic E-state index is 13.2. The standard InChI is InChI=1S/C20H21N3O2/c1-3-22-16-12-8-7-11-15(16)21-19-18(22)17(13(2)24)20(25)23(19)14-9-5-4-6-10-14/h4-12,17-19,21H,3H2,1-2H3/t17-,18+,19-/m0/s1. The van der Waals surface area contributed by atoms with Gasteiger partial charge in [0.1, 0.15) is 17.9 Å². The van der Waals surface area contributed by atoms with Crippen LogP contribution >= 0.6 is 0 Å². The molecule has 5 heteroatoms. The van der Waals surface area contributed by atoms with Crippen molar-refractivity contribution in [3.63, 3.8) is 0 Å². The Bertz CT molecular complexity index is 821. The summed E-state index contributed by atoms with van der Waals surface area (Å²) in [4.78, 5) is 29.5. The van der Waals surface area contributed by atoms with E-state index in [1.165, 1.54) is 6.92 Å². The summed E-state index contributed by atoms with van der Waals surface area (Å²) in [6, 6.07) is 17.4. The molecule has 25 heavy (non-hydrogen) atoms. The van der Waals surface area contributed by atoms with Crippen LogP contribution in [0.15, 0.2) is 54.6 Å². The van der Waals surface area contributed by atoms with Gasteiger partial charge in [-0.05, 0) is 38.1 Å². The van der Waals surface area contributed by atoms with E-state index in [1.54, 1.807) is 4.90 Å². The molecule has 0 spiro atoms. The molecule has 4 rings (SSSR count). The van der Waals surface area contributed by atoms with E-state index in [4.69, 9.17) is 0 Å². The number of nitrogens with zero attached hydrogens (tertiary/aromatic N) is 2. The molecule has 0 aromatic heterocycles. The lowest BCUT2D eigenvalue weighted by Gasteiger charge is -2.43. The third kappa shape index (κ3) is 2.30. The highest BCUT2D eigenvalue weighted by Crippen LogP contribution is 2.42. The van der Waals surface area contributed by atoms with Gasteiger partial charge in [-0.1, -0.05) is 30.3 Å². The van der Waals surface area contributed by atoms with Crippen LogP contribution in [0.3, 0.4) is 0 Å². The van der Waals surface area contributed by atoms with Crippen LogP contribution in [-0.4, -0.2) is 30.4 Å². The summed E-state index contributed by atoms with van der Waals surface area (Å²) in [7, 11) is 0. The number of ketones is 1. The fourth-order valence-electron chi connectivity index (χ4n) is 4.11. The molecule has 2 aliphatic rings. The Labute approximate surface area is 147 Å². The summed E-state index contributed by atoms with van der Waals surface area (Å²) in [5, 5.41) is 3.50. The van der Waals surface area contributed by atoms with Crippen molar-refractivity contribution in [3.8, 4) is 0 Å². The first-order valence-electron chi connectivity index (χ1n) is 8.64. The lowest BCUT2D eigenvalue weighted by molar-refractivity contribution is -0.129. The van der Waals surface area contributed by atoms with Gasteiger partial charge in [0.15, 0.2) is 0 Å². The highest BCUT2D eigenvalue weighted by Gasteiger charge is 2.55. The number of hydrogen-bond acceptors (Lipinski definition) is 4. The Morgan fingerprint density at radius 1 is 1.08 bits per heavy atom. The van der Waals surface area contributed by atoms with Gasteiger partial charge in [-0.25, -0.2) is 0 Å². The van der Waals surface area contributed by atoms with E-state index >= 15 is 0 Å². The zero-order chi connectivity index (χ0) is 17.6. The second kappa shape index (κ2) is 5.92. The van der Waals surface area contributed by atoms with Crippen molar-refractivity contribution >= 4 is 28.8 Å². The SMILES string of the molecule is CCN1c2ccccc2N[C@@H]2[C@H]1[C@H](C(C)=O)C(=O)N2c1ccccc1. The van der Waals surface area contributed by atoms with Crippen molar-refractivity contribution in [1.29, 1.82) is 0 Å². The van der Waals surface area contributed by atoms with E-state index < -0.39 is 5.92 Å². The normalized spacial score (nSPS) is 24.6. The predicted molar refractivity (Wildman–Crippen MR) is 98.8 cm³/mol. The predicted octanol–water partition coefficient (Wildman–Crippen LogP) is 2.89. The number of carbonyl (C=O) groups is 2. The van der Waals surface area contributed by atoms with Crippen molar-refractivity contribution in [2.45, 2.75) is 26.1 Å². The van der Waals surface area contributed by atoms with Crippen LogP contribution in [0.5, 0.6) is 0 Å². The van der Waals surface area contributed by atoms with Crippen LogP contribution in [0.25, 0.3) is 0 Å². The molecule has 3 atom stereocenters. The van der Waals surface area contributed by atoms with Crippen LogP contribution in [0.4, 0.5) is 17.1 Å². The molecule has 0 bridgehead atoms. The molecule has 128 valence electrons. The fraction of sp³-hybridized carbons (Fsp3) is 0.300. The van der Waals surface area contributed by atoms with Gasteiger partial charge in [-0.2, -0.15) is 0 Å². The van der Waals surface area contributed by atoms with E-state index in [0.29, 0.717) is 0 Å². The minimum absolute atomic E-state index is 0.0851. The van der Waals surface area contributed by atoms with Crippen LogP contribution in [0, 0.1) is 5.92 Å². The maximum Gasteiger partial charge on any atom is 0.241 e. The number of anilines is 3. The Balaban J connectivity index is 1.86. The molecule has 1 fully saturated rings. The Kier molecular flexibility index (Phi) is 3.71. The molecule has 1 saturated heterocycles. The van der Waals surface area contributed by atoms with Gasteiger partial charge >= 0.3 is 0 Å². The van der Waals surface area contributed by atoms with Gasteiger partial charge < -0.3 is 10.2 Å². The van der Waals surface area contributed by atoms with E-state index in [2.05, 4.69) is 17.1 Å². The molecule has 1 N–H and O–H groups in total. The summed E-state index contributed by atoms with van der Waals surface area (Å²) in [5.74, 6) is -0.878. The van der Waals surface area contributed by atoms with E-state index in [9.17, 15) is 9.59 Å². The summed E-state index contributed by atoms with van der Waals surface area (Å²) in [6.45, 7) is 4.31. The topological polar surface area (TPSA) is 52.7 Å². The molecule has 0 aliphatic carbocycles. The van der Waals surface area contributed by atoms with E-state index in [-0.39, 0.29) is 23.9 Å². The van der Waals surface area contributed by atoms with Crippen LogP contribution in [-0.2, 0) is 9.59 Å². The van der Waals surface area contributed by atoms with Crippen molar-refractivity contribution in [2.24, 2.45) is 5.92 Å². The van der Waals surface area contributed by atoms with Crippen LogP contribution in [0.2, 0.25) is 0 Å².